The van der Waals surface area contributed by atoms with Gasteiger partial charge in [0.2, 0.25) is 0 Å². The van der Waals surface area contributed by atoms with E-state index in [1.807, 2.05) is 0 Å². The van der Waals surface area contributed by atoms with Gasteiger partial charge >= 0.3 is 47.3 Å². The molecule has 0 aliphatic carbocycles. The predicted octanol–water partition coefficient (Wildman–Crippen LogP) is 0.545. The summed E-state index contributed by atoms with van der Waals surface area (Å²) in [5.41, 5.74) is 4.50. The van der Waals surface area contributed by atoms with Crippen molar-refractivity contribution in [1.29, 1.82) is 0 Å². The summed E-state index contributed by atoms with van der Waals surface area (Å²) in [6, 6.07) is 0. The molecule has 1 nitrogen and oxygen atoms in total. The summed E-state index contributed by atoms with van der Waals surface area (Å²) in [7, 11) is 1.50. The Labute approximate surface area is 124 Å². The molecule has 3 radical (unpaired) electrons. The zero-order valence-corrected chi connectivity index (χ0v) is 17.7. The molecular formula is CH5BrCsINPb. The van der Waals surface area contributed by atoms with Gasteiger partial charge in [0.25, 0.3) is 0 Å². The average molecular weight is 578 g/mol. The first kappa shape index (κ1) is 16.6. The maximum Gasteiger partial charge on any atom is 0 e. The summed E-state index contributed by atoms with van der Waals surface area (Å²) < 4.78 is 0. The van der Waals surface area contributed by atoms with Gasteiger partial charge in [0.05, 0.1) is 0 Å². The van der Waals surface area contributed by atoms with Gasteiger partial charge in [-0.3, -0.25) is 0 Å². The maximum absolute atomic E-state index is 4.50. The van der Waals surface area contributed by atoms with Crippen molar-refractivity contribution in [2.24, 2.45) is 5.73 Å². The third-order valence-electron chi connectivity index (χ3n) is 0. The molecule has 6 heavy (non-hydrogen) atoms. The molecular weight excluding hydrogens is 573 g/mol. The number of halogens is 2. The van der Waals surface area contributed by atoms with E-state index in [4.69, 9.17) is 0 Å². The molecule has 33 valence electrons. The van der Waals surface area contributed by atoms with E-state index in [2.05, 4.69) is 35.5 Å². The van der Waals surface area contributed by atoms with Crippen molar-refractivity contribution in [3.8, 4) is 0 Å². The maximum atomic E-state index is 4.50. The van der Waals surface area contributed by atoms with Crippen molar-refractivity contribution < 1.29 is 0 Å². The minimum Gasteiger partial charge on any atom is 0 e. The SMILES string of the molecule is CN.[Br][Pb][I].[Cs]. The fourth-order valence-corrected chi connectivity index (χ4v) is 0. The van der Waals surface area contributed by atoms with E-state index in [1.54, 1.807) is 0 Å². The van der Waals surface area contributed by atoms with Crippen molar-refractivity contribution in [3.05, 3.63) is 0 Å². The van der Waals surface area contributed by atoms with Gasteiger partial charge in [-0.05, 0) is 7.05 Å². The number of hydrogen-bond donors (Lipinski definition) is 1. The topological polar surface area (TPSA) is 26.0 Å². The molecule has 0 spiro atoms. The van der Waals surface area contributed by atoms with Crippen LogP contribution in [0.5, 0.6) is 0 Å². The molecule has 0 rings (SSSR count). The minimum atomic E-state index is -0.134. The standard InChI is InChI=1S/CH5N.BrH.Cs.HI.Pb/c1-2;;;;/h2H2,1H3;1H;;1H;/q;;;;+2/p-2. The summed E-state index contributed by atoms with van der Waals surface area (Å²) in [5.74, 6) is 0. The van der Waals surface area contributed by atoms with Crippen molar-refractivity contribution in [2.45, 2.75) is 0 Å². The zero-order chi connectivity index (χ0) is 4.71. The molecule has 0 aliphatic heterocycles. The Balaban J connectivity index is -0.0000000275. The van der Waals surface area contributed by atoms with Crippen molar-refractivity contribution >= 4 is 116 Å². The van der Waals surface area contributed by atoms with Gasteiger partial charge in [-0.2, -0.15) is 0 Å². The quantitative estimate of drug-likeness (QED) is 0.330. The molecule has 2 N–H and O–H groups in total. The zero-order valence-electron chi connectivity index (χ0n) is 3.83. The van der Waals surface area contributed by atoms with Crippen LogP contribution in [0.15, 0.2) is 0 Å². The van der Waals surface area contributed by atoms with Crippen LogP contribution in [0.25, 0.3) is 0 Å². The number of hydrogen-bond acceptors (Lipinski definition) is 1. The molecule has 0 aliphatic rings. The third-order valence-corrected chi connectivity index (χ3v) is 0. The van der Waals surface area contributed by atoms with Gasteiger partial charge in [0, 0.05) is 68.9 Å². The average Bonchev–Trinajstić information content (AvgIpc) is 1.46. The molecule has 0 aromatic heterocycles. The van der Waals surface area contributed by atoms with Gasteiger partial charge < -0.3 is 5.73 Å². The van der Waals surface area contributed by atoms with Crippen molar-refractivity contribution in [2.75, 3.05) is 7.05 Å². The van der Waals surface area contributed by atoms with Crippen LogP contribution in [0.1, 0.15) is 0 Å². The molecule has 0 heterocycles. The predicted molar refractivity (Wildman–Crippen MR) is 44.6 cm³/mol. The fourth-order valence-electron chi connectivity index (χ4n) is 0. The first-order valence-electron chi connectivity index (χ1n) is 0.955. The summed E-state index contributed by atoms with van der Waals surface area (Å²) in [6.45, 7) is 0. The molecule has 0 saturated heterocycles. The molecule has 0 bridgehead atoms. The Morgan fingerprint density at radius 3 is 1.67 bits per heavy atom. The van der Waals surface area contributed by atoms with E-state index in [1.165, 1.54) is 7.05 Å². The fraction of sp³-hybridized carbons (Fsp3) is 1.00. The van der Waals surface area contributed by atoms with Gasteiger partial charge in [-0.15, -0.1) is 0 Å². The summed E-state index contributed by atoms with van der Waals surface area (Å²) in [5, 5.41) is 0. The normalized spacial score (nSPS) is 4.00. The largest absolute Gasteiger partial charge is 0 e. The monoisotopic (exact) mass is 578 g/mol. The summed E-state index contributed by atoms with van der Waals surface area (Å²) in [6.07, 6.45) is 0. The second-order valence-corrected chi connectivity index (χ2v) is 21.8. The first-order valence-corrected chi connectivity index (χ1v) is 20.3. The molecule has 0 unspecified atom stereocenters. The van der Waals surface area contributed by atoms with E-state index in [0.717, 1.165) is 0 Å². The molecule has 0 fully saturated rings. The third kappa shape index (κ3) is 24.2. The molecule has 0 aromatic rings. The summed E-state index contributed by atoms with van der Waals surface area (Å²) >= 11 is 5.59. The summed E-state index contributed by atoms with van der Waals surface area (Å²) in [4.78, 5) is 0. The van der Waals surface area contributed by atoms with Gasteiger partial charge in [-0.25, -0.2) is 0 Å². The minimum absolute atomic E-state index is 0. The van der Waals surface area contributed by atoms with Crippen LogP contribution >= 0.6 is 29.7 Å². The van der Waals surface area contributed by atoms with Crippen LogP contribution in [-0.4, -0.2) is 93.5 Å². The Bertz CT molecular complexity index is 15.5. The first-order chi connectivity index (χ1) is 2.41. The van der Waals surface area contributed by atoms with Crippen LogP contribution in [0.2, 0.25) is 0 Å². The Morgan fingerprint density at radius 1 is 1.67 bits per heavy atom. The van der Waals surface area contributed by atoms with Crippen LogP contribution in [0, 0.1) is 0 Å². The van der Waals surface area contributed by atoms with E-state index in [0.29, 0.717) is 0 Å². The van der Waals surface area contributed by atoms with E-state index < -0.39 is 0 Å². The van der Waals surface area contributed by atoms with E-state index in [9.17, 15) is 0 Å². The van der Waals surface area contributed by atoms with Gasteiger partial charge in [0.15, 0.2) is 0 Å². The van der Waals surface area contributed by atoms with Crippen LogP contribution < -0.4 is 5.73 Å². The number of rotatable bonds is 0. The second-order valence-electron chi connectivity index (χ2n) is 0.0714. The molecule has 0 amide bonds. The molecule has 0 aromatic carbocycles. The van der Waals surface area contributed by atoms with Crippen LogP contribution in [0.4, 0.5) is 0 Å². The van der Waals surface area contributed by atoms with E-state index in [-0.39, 0.29) is 86.4 Å². The smallest absolute Gasteiger partial charge is 0 e. The van der Waals surface area contributed by atoms with Gasteiger partial charge in [-0.1, -0.05) is 0 Å². The Hall–Kier alpha value is 4.14. The molecule has 0 atom stereocenters. The van der Waals surface area contributed by atoms with Crippen LogP contribution in [-0.2, 0) is 0 Å². The molecule has 5 heteroatoms. The number of nitrogens with two attached hydrogens (primary N) is 1. The van der Waals surface area contributed by atoms with Crippen LogP contribution in [0.3, 0.4) is 0 Å². The Kier molecular flexibility index (Phi) is 63.5. The van der Waals surface area contributed by atoms with Crippen molar-refractivity contribution in [1.82, 2.24) is 0 Å². The van der Waals surface area contributed by atoms with E-state index >= 15 is 0 Å². The molecule has 0 saturated carbocycles. The second kappa shape index (κ2) is 22.9. The van der Waals surface area contributed by atoms with Gasteiger partial charge in [0.1, 0.15) is 0 Å². The van der Waals surface area contributed by atoms with Crippen molar-refractivity contribution in [3.63, 3.8) is 0 Å². The Morgan fingerprint density at radius 2 is 1.67 bits per heavy atom.